The van der Waals surface area contributed by atoms with Gasteiger partial charge in [-0.3, -0.25) is 4.79 Å². The average molecular weight is 281 g/mol. The predicted octanol–water partition coefficient (Wildman–Crippen LogP) is 2.83. The summed E-state index contributed by atoms with van der Waals surface area (Å²) in [5.74, 6) is 2.64. The maximum atomic E-state index is 12.0. The Morgan fingerprint density at radius 1 is 1.38 bits per heavy atom. The van der Waals surface area contributed by atoms with Gasteiger partial charge in [0.05, 0.1) is 4.47 Å². The van der Waals surface area contributed by atoms with Gasteiger partial charge in [-0.2, -0.15) is 0 Å². The normalized spacial score (nSPS) is 30.9. The van der Waals surface area contributed by atoms with E-state index in [2.05, 4.69) is 26.2 Å². The first-order chi connectivity index (χ1) is 7.74. The lowest BCUT2D eigenvalue weighted by Gasteiger charge is -2.12. The number of aromatic nitrogens is 1. The minimum absolute atomic E-state index is 0.131. The van der Waals surface area contributed by atoms with E-state index in [1.54, 1.807) is 6.20 Å². The summed E-state index contributed by atoms with van der Waals surface area (Å²) in [7, 11) is 0. The van der Waals surface area contributed by atoms with Crippen molar-refractivity contribution in [2.24, 2.45) is 17.8 Å². The number of halogens is 1. The lowest BCUT2D eigenvalue weighted by atomic mass is 10.0. The van der Waals surface area contributed by atoms with Gasteiger partial charge in [0.25, 0.3) is 0 Å². The molecule has 2 saturated carbocycles. The van der Waals surface area contributed by atoms with Crippen LogP contribution < -0.4 is 5.32 Å². The van der Waals surface area contributed by atoms with Gasteiger partial charge in [-0.15, -0.1) is 0 Å². The van der Waals surface area contributed by atoms with E-state index in [0.29, 0.717) is 5.82 Å². The summed E-state index contributed by atoms with van der Waals surface area (Å²) in [5.41, 5.74) is 0. The molecule has 1 aromatic rings. The molecule has 4 heteroatoms. The van der Waals surface area contributed by atoms with Crippen LogP contribution >= 0.6 is 15.9 Å². The Morgan fingerprint density at radius 3 is 2.81 bits per heavy atom. The van der Waals surface area contributed by atoms with Crippen LogP contribution in [-0.4, -0.2) is 10.9 Å². The number of fused-ring (bicyclic) bond motifs is 1. The number of carbonyl (C=O) groups is 1. The summed E-state index contributed by atoms with van der Waals surface area (Å²) in [5, 5.41) is 2.90. The number of amides is 1. The lowest BCUT2D eigenvalue weighted by Crippen LogP contribution is -2.22. The molecule has 2 aliphatic carbocycles. The lowest BCUT2D eigenvalue weighted by molar-refractivity contribution is -0.120. The highest BCUT2D eigenvalue weighted by Crippen LogP contribution is 2.54. The van der Waals surface area contributed by atoms with E-state index in [0.717, 1.165) is 29.2 Å². The monoisotopic (exact) mass is 280 g/mol. The van der Waals surface area contributed by atoms with E-state index in [1.165, 1.54) is 6.42 Å². The fourth-order valence-corrected chi connectivity index (χ4v) is 2.98. The van der Waals surface area contributed by atoms with Gasteiger partial charge < -0.3 is 5.32 Å². The number of carbonyl (C=O) groups excluding carboxylic acids is 1. The van der Waals surface area contributed by atoms with Gasteiger partial charge in [0, 0.05) is 12.1 Å². The van der Waals surface area contributed by atoms with Gasteiger partial charge in [-0.1, -0.05) is 0 Å². The second-order valence-electron chi connectivity index (χ2n) is 4.75. The van der Waals surface area contributed by atoms with Crippen LogP contribution in [0.25, 0.3) is 0 Å². The number of anilines is 1. The van der Waals surface area contributed by atoms with Crippen LogP contribution in [0.2, 0.25) is 0 Å². The second kappa shape index (κ2) is 3.84. The van der Waals surface area contributed by atoms with Gasteiger partial charge in [0.2, 0.25) is 5.91 Å². The molecular formula is C12H13BrN2O. The summed E-state index contributed by atoms with van der Waals surface area (Å²) >= 11 is 3.38. The van der Waals surface area contributed by atoms with E-state index < -0.39 is 0 Å². The van der Waals surface area contributed by atoms with Crippen LogP contribution in [0.3, 0.4) is 0 Å². The largest absolute Gasteiger partial charge is 0.310 e. The molecule has 1 heterocycles. The van der Waals surface area contributed by atoms with Crippen LogP contribution in [0.15, 0.2) is 22.8 Å². The first-order valence-corrected chi connectivity index (χ1v) is 6.44. The molecule has 0 bridgehead atoms. The van der Waals surface area contributed by atoms with Gasteiger partial charge in [0.1, 0.15) is 5.82 Å². The summed E-state index contributed by atoms with van der Waals surface area (Å²) in [6, 6.07) is 3.72. The molecule has 3 nitrogen and oxygen atoms in total. The van der Waals surface area contributed by atoms with E-state index >= 15 is 0 Å². The Morgan fingerprint density at radius 2 is 2.12 bits per heavy atom. The molecule has 2 atom stereocenters. The third kappa shape index (κ3) is 1.86. The van der Waals surface area contributed by atoms with Crippen molar-refractivity contribution in [3.8, 4) is 0 Å². The van der Waals surface area contributed by atoms with Crippen LogP contribution in [0, 0.1) is 17.8 Å². The molecular weight excluding hydrogens is 268 g/mol. The van der Waals surface area contributed by atoms with Crippen molar-refractivity contribution in [1.82, 2.24) is 4.98 Å². The van der Waals surface area contributed by atoms with Crippen LogP contribution in [0.5, 0.6) is 0 Å². The molecule has 84 valence electrons. The molecule has 2 fully saturated rings. The molecule has 0 spiro atoms. The molecule has 1 amide bonds. The van der Waals surface area contributed by atoms with Gasteiger partial charge in [0.15, 0.2) is 0 Å². The van der Waals surface area contributed by atoms with E-state index in [1.807, 2.05) is 12.1 Å². The maximum Gasteiger partial charge on any atom is 0.228 e. The molecule has 2 unspecified atom stereocenters. The first-order valence-electron chi connectivity index (χ1n) is 5.65. The highest BCUT2D eigenvalue weighted by atomic mass is 79.9. The number of pyridine rings is 1. The van der Waals surface area contributed by atoms with E-state index in [4.69, 9.17) is 0 Å². The van der Waals surface area contributed by atoms with Gasteiger partial charge in [-0.05, 0) is 59.2 Å². The molecule has 0 aliphatic heterocycles. The standard InChI is InChI=1S/C12H13BrN2O/c13-10-2-1-3-14-11(10)15-12(16)9-5-7-4-8(7)6-9/h1-3,7-9H,4-6H2,(H,14,15,16). The zero-order valence-corrected chi connectivity index (χ0v) is 10.4. The summed E-state index contributed by atoms with van der Waals surface area (Å²) in [4.78, 5) is 16.1. The Bertz CT molecular complexity index is 425. The third-order valence-corrected chi connectivity index (χ3v) is 4.25. The van der Waals surface area contributed by atoms with Crippen LogP contribution in [-0.2, 0) is 4.79 Å². The Hall–Kier alpha value is -0.900. The number of hydrogen-bond acceptors (Lipinski definition) is 2. The van der Waals surface area contributed by atoms with E-state index in [9.17, 15) is 4.79 Å². The van der Waals surface area contributed by atoms with Crippen molar-refractivity contribution in [2.75, 3.05) is 5.32 Å². The zero-order chi connectivity index (χ0) is 11.1. The molecule has 0 radical (unpaired) electrons. The topological polar surface area (TPSA) is 42.0 Å². The summed E-state index contributed by atoms with van der Waals surface area (Å²) < 4.78 is 0.839. The smallest absolute Gasteiger partial charge is 0.228 e. The van der Waals surface area contributed by atoms with Crippen LogP contribution in [0.4, 0.5) is 5.82 Å². The first kappa shape index (κ1) is 10.3. The van der Waals surface area contributed by atoms with Crippen molar-refractivity contribution < 1.29 is 4.79 Å². The Labute approximate surface area is 103 Å². The minimum Gasteiger partial charge on any atom is -0.310 e. The Kier molecular flexibility index (Phi) is 2.46. The average Bonchev–Trinajstić information content (AvgIpc) is 2.89. The maximum absolute atomic E-state index is 12.0. The number of nitrogens with one attached hydrogen (secondary N) is 1. The highest BCUT2D eigenvalue weighted by molar-refractivity contribution is 9.10. The number of hydrogen-bond donors (Lipinski definition) is 1. The van der Waals surface area contributed by atoms with Gasteiger partial charge >= 0.3 is 0 Å². The molecule has 16 heavy (non-hydrogen) atoms. The quantitative estimate of drug-likeness (QED) is 0.905. The van der Waals surface area contributed by atoms with Crippen molar-refractivity contribution in [1.29, 1.82) is 0 Å². The van der Waals surface area contributed by atoms with Crippen molar-refractivity contribution in [3.05, 3.63) is 22.8 Å². The SMILES string of the molecule is O=C(Nc1ncccc1Br)C1CC2CC2C1. The summed E-state index contributed by atoms with van der Waals surface area (Å²) in [6.45, 7) is 0. The highest BCUT2D eigenvalue weighted by Gasteiger charge is 2.48. The Balaban J connectivity index is 1.66. The van der Waals surface area contributed by atoms with Crippen molar-refractivity contribution >= 4 is 27.7 Å². The van der Waals surface area contributed by atoms with Crippen molar-refractivity contribution in [3.63, 3.8) is 0 Å². The molecule has 0 saturated heterocycles. The third-order valence-electron chi connectivity index (χ3n) is 3.61. The molecule has 1 N–H and O–H groups in total. The fourth-order valence-electron chi connectivity index (χ4n) is 2.63. The van der Waals surface area contributed by atoms with Crippen LogP contribution in [0.1, 0.15) is 19.3 Å². The second-order valence-corrected chi connectivity index (χ2v) is 5.60. The zero-order valence-electron chi connectivity index (χ0n) is 8.82. The molecule has 1 aromatic heterocycles. The summed E-state index contributed by atoms with van der Waals surface area (Å²) in [6.07, 6.45) is 5.17. The number of nitrogens with zero attached hydrogens (tertiary/aromatic N) is 1. The fraction of sp³-hybridized carbons (Fsp3) is 0.500. The predicted molar refractivity (Wildman–Crippen MR) is 64.9 cm³/mol. The van der Waals surface area contributed by atoms with Gasteiger partial charge in [-0.25, -0.2) is 4.98 Å². The van der Waals surface area contributed by atoms with E-state index in [-0.39, 0.29) is 11.8 Å². The number of rotatable bonds is 2. The minimum atomic E-state index is 0.131. The molecule has 3 rings (SSSR count). The molecule has 2 aliphatic rings. The molecule has 0 aromatic carbocycles. The van der Waals surface area contributed by atoms with Crippen molar-refractivity contribution in [2.45, 2.75) is 19.3 Å².